The Morgan fingerprint density at radius 2 is 1.58 bits per heavy atom. The zero-order valence-corrected chi connectivity index (χ0v) is 19.9. The first kappa shape index (κ1) is 23.5. The topological polar surface area (TPSA) is 87.0 Å². The van der Waals surface area contributed by atoms with Crippen molar-refractivity contribution >= 4 is 23.2 Å². The van der Waals surface area contributed by atoms with Crippen LogP contribution in [0.3, 0.4) is 0 Å². The smallest absolute Gasteiger partial charge is 0.293 e. The Bertz CT molecular complexity index is 880. The minimum absolute atomic E-state index is 0.00249. The van der Waals surface area contributed by atoms with Crippen LogP contribution in [0.5, 0.6) is 0 Å². The average Bonchev–Trinajstić information content (AvgIpc) is 2.82. The highest BCUT2D eigenvalue weighted by Crippen LogP contribution is 2.34. The fourth-order valence-corrected chi connectivity index (χ4v) is 5.81. The van der Waals surface area contributed by atoms with Crippen molar-refractivity contribution in [2.24, 2.45) is 17.8 Å². The molecule has 3 heterocycles. The molecular weight excluding hydrogens is 420 g/mol. The van der Waals surface area contributed by atoms with Crippen molar-refractivity contribution in [3.8, 4) is 0 Å². The third-order valence-electron chi connectivity index (χ3n) is 7.43. The maximum absolute atomic E-state index is 13.1. The van der Waals surface area contributed by atoms with Gasteiger partial charge in [-0.1, -0.05) is 13.8 Å². The Labute approximate surface area is 196 Å². The number of nitrogens with zero attached hydrogens (tertiary/aromatic N) is 4. The molecule has 8 nitrogen and oxygen atoms in total. The first-order chi connectivity index (χ1) is 15.8. The van der Waals surface area contributed by atoms with Crippen LogP contribution in [0.15, 0.2) is 18.2 Å². The van der Waals surface area contributed by atoms with E-state index in [4.69, 9.17) is 0 Å². The standard InChI is InChI=1S/C25H36N4O4/c1-18-14-19(2)17-28(16-18)22-7-6-21(15-23(22)29(32)33)25(31)27-12-8-20(9-13-27)24(30)26-10-4-3-5-11-26/h6-7,15,18-20H,3-5,8-14,16-17H2,1-2H3. The van der Waals surface area contributed by atoms with E-state index < -0.39 is 0 Å². The molecule has 0 N–H and O–H groups in total. The molecule has 8 heteroatoms. The predicted octanol–water partition coefficient (Wildman–Crippen LogP) is 3.94. The van der Waals surface area contributed by atoms with Crippen molar-refractivity contribution in [2.75, 3.05) is 44.2 Å². The van der Waals surface area contributed by atoms with E-state index in [1.54, 1.807) is 17.0 Å². The van der Waals surface area contributed by atoms with Crippen LogP contribution in [-0.4, -0.2) is 65.8 Å². The normalized spacial score (nSPS) is 24.6. The van der Waals surface area contributed by atoms with Crippen molar-refractivity contribution in [1.29, 1.82) is 0 Å². The number of piperidine rings is 3. The molecule has 2 atom stereocenters. The second-order valence-corrected chi connectivity index (χ2v) is 10.3. The van der Waals surface area contributed by atoms with Crippen molar-refractivity contribution in [3.63, 3.8) is 0 Å². The first-order valence-electron chi connectivity index (χ1n) is 12.4. The minimum Gasteiger partial charge on any atom is -0.365 e. The van der Waals surface area contributed by atoms with Gasteiger partial charge in [-0.05, 0) is 62.5 Å². The summed E-state index contributed by atoms with van der Waals surface area (Å²) in [5, 5.41) is 11.9. The zero-order valence-electron chi connectivity index (χ0n) is 19.9. The fourth-order valence-electron chi connectivity index (χ4n) is 5.81. The lowest BCUT2D eigenvalue weighted by molar-refractivity contribution is -0.384. The van der Waals surface area contributed by atoms with E-state index in [2.05, 4.69) is 18.7 Å². The maximum Gasteiger partial charge on any atom is 0.293 e. The van der Waals surface area contributed by atoms with Crippen LogP contribution >= 0.6 is 0 Å². The Balaban J connectivity index is 1.42. The molecule has 180 valence electrons. The van der Waals surface area contributed by atoms with Gasteiger partial charge < -0.3 is 14.7 Å². The summed E-state index contributed by atoms with van der Waals surface area (Å²) in [5.74, 6) is 0.972. The van der Waals surface area contributed by atoms with Gasteiger partial charge in [0.1, 0.15) is 5.69 Å². The highest BCUT2D eigenvalue weighted by atomic mass is 16.6. The molecule has 0 radical (unpaired) electrons. The number of likely N-dealkylation sites (tertiary alicyclic amines) is 2. The number of amides is 2. The van der Waals surface area contributed by atoms with Gasteiger partial charge in [-0.3, -0.25) is 19.7 Å². The lowest BCUT2D eigenvalue weighted by atomic mass is 9.91. The number of benzene rings is 1. The quantitative estimate of drug-likeness (QED) is 0.506. The predicted molar refractivity (Wildman–Crippen MR) is 127 cm³/mol. The van der Waals surface area contributed by atoms with Crippen molar-refractivity contribution in [2.45, 2.75) is 52.4 Å². The SMILES string of the molecule is CC1CC(C)CN(c2ccc(C(=O)N3CCC(C(=O)N4CCCCC4)CC3)cc2[N+](=O)[O-])C1. The van der Waals surface area contributed by atoms with Crippen LogP contribution in [-0.2, 0) is 4.79 Å². The Kier molecular flexibility index (Phi) is 7.20. The summed E-state index contributed by atoms with van der Waals surface area (Å²) >= 11 is 0. The minimum atomic E-state index is -0.375. The largest absolute Gasteiger partial charge is 0.365 e. The second-order valence-electron chi connectivity index (χ2n) is 10.3. The molecule has 1 aromatic rings. The third kappa shape index (κ3) is 5.31. The summed E-state index contributed by atoms with van der Waals surface area (Å²) in [6, 6.07) is 4.90. The van der Waals surface area contributed by atoms with E-state index in [9.17, 15) is 19.7 Å². The summed E-state index contributed by atoms with van der Waals surface area (Å²) in [6.45, 7) is 8.65. The maximum atomic E-state index is 13.1. The van der Waals surface area contributed by atoms with E-state index in [-0.39, 0.29) is 28.3 Å². The number of nitro benzene ring substituents is 1. The zero-order chi connectivity index (χ0) is 23.5. The lowest BCUT2D eigenvalue weighted by Crippen LogP contribution is -2.45. The molecule has 3 aliphatic heterocycles. The molecule has 3 aliphatic rings. The molecule has 0 bridgehead atoms. The number of carbonyl (C=O) groups is 2. The highest BCUT2D eigenvalue weighted by Gasteiger charge is 2.32. The molecule has 0 saturated carbocycles. The number of anilines is 1. The average molecular weight is 457 g/mol. The highest BCUT2D eigenvalue weighted by molar-refractivity contribution is 5.96. The van der Waals surface area contributed by atoms with E-state index in [0.29, 0.717) is 49.0 Å². The van der Waals surface area contributed by atoms with Gasteiger partial charge in [0.15, 0.2) is 0 Å². The van der Waals surface area contributed by atoms with Gasteiger partial charge >= 0.3 is 0 Å². The van der Waals surface area contributed by atoms with E-state index in [0.717, 1.165) is 45.4 Å². The van der Waals surface area contributed by atoms with Gasteiger partial charge in [-0.25, -0.2) is 0 Å². The summed E-state index contributed by atoms with van der Waals surface area (Å²) < 4.78 is 0. The second kappa shape index (κ2) is 10.1. The monoisotopic (exact) mass is 456 g/mol. The molecule has 4 rings (SSSR count). The summed E-state index contributed by atoms with van der Waals surface area (Å²) in [5.41, 5.74) is 0.947. The van der Waals surface area contributed by atoms with Gasteiger partial charge in [0.2, 0.25) is 5.91 Å². The van der Waals surface area contributed by atoms with Crippen LogP contribution in [0.2, 0.25) is 0 Å². The van der Waals surface area contributed by atoms with Crippen molar-refractivity contribution in [3.05, 3.63) is 33.9 Å². The number of rotatable bonds is 4. The molecular formula is C25H36N4O4. The van der Waals surface area contributed by atoms with E-state index in [1.165, 1.54) is 12.5 Å². The molecule has 3 saturated heterocycles. The molecule has 33 heavy (non-hydrogen) atoms. The number of carbonyl (C=O) groups excluding carboxylic acids is 2. The Morgan fingerprint density at radius 3 is 2.18 bits per heavy atom. The third-order valence-corrected chi connectivity index (χ3v) is 7.43. The van der Waals surface area contributed by atoms with Crippen molar-refractivity contribution in [1.82, 2.24) is 9.80 Å². The van der Waals surface area contributed by atoms with E-state index >= 15 is 0 Å². The molecule has 0 aromatic heterocycles. The van der Waals surface area contributed by atoms with Crippen LogP contribution in [0, 0.1) is 27.9 Å². The van der Waals surface area contributed by atoms with Gasteiger partial charge in [-0.15, -0.1) is 0 Å². The van der Waals surface area contributed by atoms with Crippen LogP contribution in [0.4, 0.5) is 11.4 Å². The molecule has 2 unspecified atom stereocenters. The Morgan fingerprint density at radius 1 is 0.939 bits per heavy atom. The number of hydrogen-bond donors (Lipinski definition) is 0. The summed E-state index contributed by atoms with van der Waals surface area (Å²) in [4.78, 5) is 43.2. The molecule has 0 spiro atoms. The van der Waals surface area contributed by atoms with Gasteiger partial charge in [-0.2, -0.15) is 0 Å². The van der Waals surface area contributed by atoms with Crippen molar-refractivity contribution < 1.29 is 14.5 Å². The molecule has 1 aromatic carbocycles. The van der Waals surface area contributed by atoms with E-state index in [1.807, 2.05) is 4.90 Å². The van der Waals surface area contributed by atoms with Gasteiger partial charge in [0, 0.05) is 56.8 Å². The fraction of sp³-hybridized carbons (Fsp3) is 0.680. The summed E-state index contributed by atoms with van der Waals surface area (Å²) in [7, 11) is 0. The molecule has 2 amide bonds. The first-order valence-corrected chi connectivity index (χ1v) is 12.4. The lowest BCUT2D eigenvalue weighted by Gasteiger charge is -2.36. The molecule has 0 aliphatic carbocycles. The van der Waals surface area contributed by atoms with Crippen LogP contribution in [0.1, 0.15) is 62.7 Å². The summed E-state index contributed by atoms with van der Waals surface area (Å²) in [6.07, 6.45) is 5.78. The number of hydrogen-bond acceptors (Lipinski definition) is 5. The van der Waals surface area contributed by atoms with Gasteiger partial charge in [0.05, 0.1) is 4.92 Å². The molecule has 3 fully saturated rings. The van der Waals surface area contributed by atoms with Crippen LogP contribution in [0.25, 0.3) is 0 Å². The van der Waals surface area contributed by atoms with Gasteiger partial charge in [0.25, 0.3) is 11.6 Å². The Hall–Kier alpha value is -2.64. The number of nitro groups is 1. The van der Waals surface area contributed by atoms with Crippen LogP contribution < -0.4 is 4.90 Å².